The molecule has 0 radical (unpaired) electrons. The third kappa shape index (κ3) is 2.16. The Morgan fingerprint density at radius 3 is 2.71 bits per heavy atom. The number of nitrogens with one attached hydrogen (secondary N) is 1. The second kappa shape index (κ2) is 4.83. The number of hydrogen-bond donors (Lipinski definition) is 1. The Labute approximate surface area is 134 Å². The number of pyridine rings is 1. The van der Waals surface area contributed by atoms with Gasteiger partial charge in [0, 0.05) is 23.3 Å². The van der Waals surface area contributed by atoms with Crippen LogP contribution in [0.1, 0.15) is 16.8 Å². The summed E-state index contributed by atoms with van der Waals surface area (Å²) in [5.41, 5.74) is 2.48. The molecule has 3 heterocycles. The van der Waals surface area contributed by atoms with Crippen molar-refractivity contribution in [1.29, 1.82) is 0 Å². The van der Waals surface area contributed by atoms with Crippen LogP contribution in [0.3, 0.4) is 0 Å². The molecule has 0 spiro atoms. The molecule has 0 fully saturated rings. The van der Waals surface area contributed by atoms with Gasteiger partial charge in [0.15, 0.2) is 0 Å². The van der Waals surface area contributed by atoms with Gasteiger partial charge in [-0.15, -0.1) is 0 Å². The summed E-state index contributed by atoms with van der Waals surface area (Å²) in [5.74, 6) is 0. The molecule has 1 aromatic carbocycles. The first-order chi connectivity index (χ1) is 11.3. The average Bonchev–Trinajstić information content (AvgIpc) is 3.09. The molecule has 0 aliphatic heterocycles. The Bertz CT molecular complexity index is 1070. The highest BCUT2D eigenvalue weighted by molar-refractivity contribution is 5.91. The van der Waals surface area contributed by atoms with Crippen LogP contribution in [-0.4, -0.2) is 19.6 Å². The predicted molar refractivity (Wildman–Crippen MR) is 84.8 cm³/mol. The van der Waals surface area contributed by atoms with Crippen molar-refractivity contribution in [1.82, 2.24) is 19.6 Å². The maximum absolute atomic E-state index is 13.6. The Morgan fingerprint density at radius 2 is 1.96 bits per heavy atom. The van der Waals surface area contributed by atoms with E-state index in [0.29, 0.717) is 16.9 Å². The molecule has 4 nitrogen and oxygen atoms in total. The van der Waals surface area contributed by atoms with Crippen LogP contribution in [-0.2, 0) is 6.18 Å². The van der Waals surface area contributed by atoms with Crippen LogP contribution in [0.4, 0.5) is 13.2 Å². The molecule has 0 saturated heterocycles. The molecule has 0 saturated carbocycles. The summed E-state index contributed by atoms with van der Waals surface area (Å²) in [6, 6.07) is 4.54. The Morgan fingerprint density at radius 1 is 1.17 bits per heavy atom. The first-order valence-corrected chi connectivity index (χ1v) is 7.34. The molecule has 0 bridgehead atoms. The van der Waals surface area contributed by atoms with E-state index in [2.05, 4.69) is 15.2 Å². The molecular formula is C17H13F3N4. The first kappa shape index (κ1) is 14.7. The van der Waals surface area contributed by atoms with Gasteiger partial charge in [0.25, 0.3) is 0 Å². The second-order valence-corrected chi connectivity index (χ2v) is 5.84. The summed E-state index contributed by atoms with van der Waals surface area (Å²) in [4.78, 5) is 4.30. The third-order valence-corrected chi connectivity index (χ3v) is 4.09. The fourth-order valence-corrected chi connectivity index (χ4v) is 3.07. The van der Waals surface area contributed by atoms with E-state index in [0.717, 1.165) is 22.5 Å². The molecule has 0 unspecified atom stereocenters. The molecule has 4 aromatic rings. The van der Waals surface area contributed by atoms with E-state index >= 15 is 0 Å². The van der Waals surface area contributed by atoms with Gasteiger partial charge in [-0.1, -0.05) is 0 Å². The predicted octanol–water partition coefficient (Wildman–Crippen LogP) is 4.51. The number of hydrogen-bond acceptors (Lipinski definition) is 2. The fraction of sp³-hybridized carbons (Fsp3) is 0.176. The number of aryl methyl sites for hydroxylation is 2. The van der Waals surface area contributed by atoms with E-state index in [1.54, 1.807) is 35.9 Å². The number of halogens is 3. The Kier molecular flexibility index (Phi) is 2.97. The maximum atomic E-state index is 13.6. The van der Waals surface area contributed by atoms with Crippen molar-refractivity contribution >= 4 is 16.6 Å². The Hall–Kier alpha value is -2.83. The maximum Gasteiger partial charge on any atom is 0.417 e. The molecule has 7 heteroatoms. The van der Waals surface area contributed by atoms with Gasteiger partial charge in [-0.2, -0.15) is 18.3 Å². The summed E-state index contributed by atoms with van der Waals surface area (Å²) >= 11 is 0. The van der Waals surface area contributed by atoms with Crippen molar-refractivity contribution in [2.24, 2.45) is 0 Å². The van der Waals surface area contributed by atoms with Gasteiger partial charge in [-0.05, 0) is 43.2 Å². The van der Waals surface area contributed by atoms with Gasteiger partial charge >= 0.3 is 6.18 Å². The number of H-pyrrole nitrogens is 1. The average molecular weight is 330 g/mol. The molecule has 1 N–H and O–H groups in total. The van der Waals surface area contributed by atoms with E-state index < -0.39 is 11.7 Å². The van der Waals surface area contributed by atoms with E-state index in [4.69, 9.17) is 0 Å². The van der Waals surface area contributed by atoms with Gasteiger partial charge in [0.2, 0.25) is 0 Å². The summed E-state index contributed by atoms with van der Waals surface area (Å²) in [6.45, 7) is 3.60. The first-order valence-electron chi connectivity index (χ1n) is 7.34. The molecule has 3 aromatic heterocycles. The van der Waals surface area contributed by atoms with E-state index in [1.807, 2.05) is 6.92 Å². The Balaban J connectivity index is 2.12. The van der Waals surface area contributed by atoms with Gasteiger partial charge in [0.05, 0.1) is 23.0 Å². The normalized spacial score (nSPS) is 12.4. The summed E-state index contributed by atoms with van der Waals surface area (Å²) in [6.07, 6.45) is 0.249. The lowest BCUT2D eigenvalue weighted by Gasteiger charge is -2.15. The summed E-state index contributed by atoms with van der Waals surface area (Å²) < 4.78 is 42.3. The zero-order valence-electron chi connectivity index (χ0n) is 12.9. The standard InChI is InChI=1S/C17H13F3N4/c1-9-5-11(6-12-7-21-23-15(9)12)14-13(17(18,19)20)3-4-24-8-10(2)22-16(14)24/h3-8H,1-2H3,(H,21,23). The lowest BCUT2D eigenvalue weighted by molar-refractivity contribution is -0.137. The quantitative estimate of drug-likeness (QED) is 0.558. The lowest BCUT2D eigenvalue weighted by atomic mass is 9.97. The van der Waals surface area contributed by atoms with Crippen molar-refractivity contribution in [2.75, 3.05) is 0 Å². The minimum absolute atomic E-state index is 0.0873. The van der Waals surface area contributed by atoms with Crippen LogP contribution in [0.25, 0.3) is 27.7 Å². The van der Waals surface area contributed by atoms with Crippen LogP contribution < -0.4 is 0 Å². The van der Waals surface area contributed by atoms with Crippen LogP contribution in [0.15, 0.2) is 36.8 Å². The van der Waals surface area contributed by atoms with Crippen LogP contribution in [0.5, 0.6) is 0 Å². The van der Waals surface area contributed by atoms with Crippen molar-refractivity contribution in [3.8, 4) is 11.1 Å². The second-order valence-electron chi connectivity index (χ2n) is 5.84. The molecular weight excluding hydrogens is 317 g/mol. The van der Waals surface area contributed by atoms with E-state index in [1.165, 1.54) is 6.20 Å². The van der Waals surface area contributed by atoms with Crippen LogP contribution >= 0.6 is 0 Å². The number of imidazole rings is 1. The minimum atomic E-state index is -4.46. The number of nitrogens with zero attached hydrogens (tertiary/aromatic N) is 3. The largest absolute Gasteiger partial charge is 0.417 e. The molecule has 0 aliphatic carbocycles. The number of aromatic amines is 1. The summed E-state index contributed by atoms with van der Waals surface area (Å²) in [5, 5.41) is 7.59. The summed E-state index contributed by atoms with van der Waals surface area (Å²) in [7, 11) is 0. The fourth-order valence-electron chi connectivity index (χ4n) is 3.07. The lowest BCUT2D eigenvalue weighted by Crippen LogP contribution is -2.09. The van der Waals surface area contributed by atoms with Crippen LogP contribution in [0.2, 0.25) is 0 Å². The van der Waals surface area contributed by atoms with Crippen molar-refractivity contribution in [3.05, 3.63) is 53.6 Å². The van der Waals surface area contributed by atoms with Gasteiger partial charge in [0.1, 0.15) is 5.65 Å². The number of fused-ring (bicyclic) bond motifs is 2. The van der Waals surface area contributed by atoms with Gasteiger partial charge < -0.3 is 4.40 Å². The van der Waals surface area contributed by atoms with Gasteiger partial charge in [-0.3, -0.25) is 5.10 Å². The molecule has 122 valence electrons. The van der Waals surface area contributed by atoms with Crippen molar-refractivity contribution in [3.63, 3.8) is 0 Å². The molecule has 24 heavy (non-hydrogen) atoms. The molecule has 0 aliphatic rings. The highest BCUT2D eigenvalue weighted by Gasteiger charge is 2.35. The SMILES string of the molecule is Cc1cn2ccc(C(F)(F)F)c(-c3cc(C)c4[nH]ncc4c3)c2n1. The zero-order valence-corrected chi connectivity index (χ0v) is 12.9. The van der Waals surface area contributed by atoms with E-state index in [-0.39, 0.29) is 5.56 Å². The number of alkyl halides is 3. The molecule has 0 amide bonds. The van der Waals surface area contributed by atoms with E-state index in [9.17, 15) is 13.2 Å². The molecule has 0 atom stereocenters. The highest BCUT2D eigenvalue weighted by atomic mass is 19.4. The zero-order chi connectivity index (χ0) is 17.1. The number of rotatable bonds is 1. The van der Waals surface area contributed by atoms with Gasteiger partial charge in [-0.25, -0.2) is 4.98 Å². The molecule has 4 rings (SSSR count). The van der Waals surface area contributed by atoms with Crippen LogP contribution in [0, 0.1) is 13.8 Å². The van der Waals surface area contributed by atoms with Crippen molar-refractivity contribution < 1.29 is 13.2 Å². The topological polar surface area (TPSA) is 46.0 Å². The third-order valence-electron chi connectivity index (χ3n) is 4.09. The minimum Gasteiger partial charge on any atom is -0.306 e. The van der Waals surface area contributed by atoms with Crippen molar-refractivity contribution in [2.45, 2.75) is 20.0 Å². The monoisotopic (exact) mass is 330 g/mol. The number of benzene rings is 1. The highest BCUT2D eigenvalue weighted by Crippen LogP contribution is 2.40. The number of aromatic nitrogens is 4. The smallest absolute Gasteiger partial charge is 0.306 e.